The minimum Gasteiger partial charge on any atom is -0.389 e. The van der Waals surface area contributed by atoms with E-state index in [0.29, 0.717) is 19.2 Å². The summed E-state index contributed by atoms with van der Waals surface area (Å²) in [6.45, 7) is 5.34. The summed E-state index contributed by atoms with van der Waals surface area (Å²) >= 11 is 0. The fourth-order valence-corrected chi connectivity index (χ4v) is 4.05. The van der Waals surface area contributed by atoms with Crippen molar-refractivity contribution < 1.29 is 9.84 Å². The molecule has 2 atom stereocenters. The fourth-order valence-electron chi connectivity index (χ4n) is 4.05. The highest BCUT2D eigenvalue weighted by Gasteiger charge is 2.23. The zero-order valence-corrected chi connectivity index (χ0v) is 17.4. The molecule has 1 aliphatic rings. The number of hydrogen-bond acceptors (Lipinski definition) is 4. The monoisotopic (exact) mass is 382 g/mol. The van der Waals surface area contributed by atoms with E-state index in [1.807, 2.05) is 30.3 Å². The molecule has 0 aliphatic carbocycles. The number of likely N-dealkylation sites (tertiary alicyclic amines) is 1. The molecular formula is C24H34N2O2. The zero-order chi connectivity index (χ0) is 19.9. The predicted molar refractivity (Wildman–Crippen MR) is 115 cm³/mol. The second-order valence-electron chi connectivity index (χ2n) is 8.11. The molecule has 3 rings (SSSR count). The maximum Gasteiger partial charge on any atom is 0.108 e. The maximum atomic E-state index is 10.6. The normalized spacial score (nSPS) is 18.3. The lowest BCUT2D eigenvalue weighted by atomic mass is 9.97. The van der Waals surface area contributed by atoms with E-state index in [1.54, 1.807) is 0 Å². The topological polar surface area (TPSA) is 35.9 Å². The number of rotatable bonds is 8. The van der Waals surface area contributed by atoms with Gasteiger partial charge in [-0.15, -0.1) is 0 Å². The molecule has 4 nitrogen and oxygen atoms in total. The van der Waals surface area contributed by atoms with Crippen LogP contribution in [0.5, 0.6) is 0 Å². The molecule has 0 spiro atoms. The Morgan fingerprint density at radius 2 is 1.71 bits per heavy atom. The summed E-state index contributed by atoms with van der Waals surface area (Å²) in [7, 11) is 4.30. The molecule has 0 saturated carbocycles. The number of benzene rings is 2. The first kappa shape index (κ1) is 21.0. The Balaban J connectivity index is 1.61. The van der Waals surface area contributed by atoms with Crippen LogP contribution in [-0.4, -0.2) is 67.4 Å². The second kappa shape index (κ2) is 10.2. The Morgan fingerprint density at radius 1 is 1.07 bits per heavy atom. The number of aliphatic hydroxyl groups excluding tert-OH is 1. The van der Waals surface area contributed by atoms with Crippen LogP contribution < -0.4 is 0 Å². The van der Waals surface area contributed by atoms with Crippen molar-refractivity contribution in [2.45, 2.75) is 38.0 Å². The average Bonchev–Trinajstić information content (AvgIpc) is 2.70. The van der Waals surface area contributed by atoms with Gasteiger partial charge in [0.2, 0.25) is 0 Å². The largest absolute Gasteiger partial charge is 0.389 e. The predicted octanol–water partition coefficient (Wildman–Crippen LogP) is 3.49. The van der Waals surface area contributed by atoms with Crippen molar-refractivity contribution in [1.29, 1.82) is 0 Å². The molecule has 0 unspecified atom stereocenters. The number of aliphatic hydroxyl groups is 1. The van der Waals surface area contributed by atoms with Gasteiger partial charge < -0.3 is 19.6 Å². The molecule has 1 N–H and O–H groups in total. The Bertz CT molecular complexity index is 714. The number of hydrogen-bond donors (Lipinski definition) is 1. The van der Waals surface area contributed by atoms with E-state index in [9.17, 15) is 5.11 Å². The van der Waals surface area contributed by atoms with Crippen LogP contribution in [0.1, 0.15) is 35.6 Å². The molecule has 2 aromatic carbocycles. The van der Waals surface area contributed by atoms with Gasteiger partial charge in [0.25, 0.3) is 0 Å². The van der Waals surface area contributed by atoms with E-state index in [4.69, 9.17) is 4.74 Å². The molecule has 0 amide bonds. The molecule has 2 aromatic rings. The Kier molecular flexibility index (Phi) is 7.63. The lowest BCUT2D eigenvalue weighted by molar-refractivity contribution is -0.0136. The minimum absolute atomic E-state index is 0.161. The summed E-state index contributed by atoms with van der Waals surface area (Å²) in [5.74, 6) is 0. The van der Waals surface area contributed by atoms with E-state index in [0.717, 1.165) is 37.1 Å². The standard InChI is InChI=1S/C24H34N2O2/c1-19-9-7-8-12-23(19)24(20-10-5-4-6-11-20)28-18-22(27)17-26(3)21-13-15-25(2)16-14-21/h4-12,21-22,24,27H,13-18H2,1-3H3/t22-,24-/m1/s1. The molecule has 0 aromatic heterocycles. The van der Waals surface area contributed by atoms with Gasteiger partial charge in [-0.3, -0.25) is 0 Å². The average molecular weight is 383 g/mol. The molecule has 1 saturated heterocycles. The van der Waals surface area contributed by atoms with Crippen LogP contribution in [0.15, 0.2) is 54.6 Å². The van der Waals surface area contributed by atoms with Crippen molar-refractivity contribution in [3.63, 3.8) is 0 Å². The molecule has 1 fully saturated rings. The van der Waals surface area contributed by atoms with Crippen LogP contribution in [0.2, 0.25) is 0 Å². The van der Waals surface area contributed by atoms with E-state index in [2.05, 4.69) is 55.1 Å². The van der Waals surface area contributed by atoms with Crippen molar-refractivity contribution in [3.8, 4) is 0 Å². The molecule has 152 valence electrons. The Labute approximate surface area is 169 Å². The van der Waals surface area contributed by atoms with Gasteiger partial charge in [-0.25, -0.2) is 0 Å². The van der Waals surface area contributed by atoms with Crippen LogP contribution in [0.3, 0.4) is 0 Å². The van der Waals surface area contributed by atoms with E-state index >= 15 is 0 Å². The van der Waals surface area contributed by atoms with Crippen LogP contribution in [0, 0.1) is 6.92 Å². The molecule has 0 radical (unpaired) electrons. The van der Waals surface area contributed by atoms with Crippen LogP contribution in [0.4, 0.5) is 0 Å². The minimum atomic E-state index is -0.500. The molecule has 28 heavy (non-hydrogen) atoms. The van der Waals surface area contributed by atoms with E-state index in [1.165, 1.54) is 5.56 Å². The van der Waals surface area contributed by atoms with Gasteiger partial charge in [-0.05, 0) is 63.6 Å². The van der Waals surface area contributed by atoms with Gasteiger partial charge >= 0.3 is 0 Å². The lowest BCUT2D eigenvalue weighted by Gasteiger charge is -2.36. The van der Waals surface area contributed by atoms with Crippen molar-refractivity contribution in [3.05, 3.63) is 71.3 Å². The van der Waals surface area contributed by atoms with Gasteiger partial charge in [0, 0.05) is 12.6 Å². The van der Waals surface area contributed by atoms with Crippen LogP contribution >= 0.6 is 0 Å². The second-order valence-corrected chi connectivity index (χ2v) is 8.11. The Morgan fingerprint density at radius 3 is 2.39 bits per heavy atom. The van der Waals surface area contributed by atoms with Gasteiger partial charge in [0.05, 0.1) is 12.7 Å². The van der Waals surface area contributed by atoms with Gasteiger partial charge in [-0.1, -0.05) is 54.6 Å². The van der Waals surface area contributed by atoms with E-state index in [-0.39, 0.29) is 6.10 Å². The third-order valence-corrected chi connectivity index (χ3v) is 5.84. The summed E-state index contributed by atoms with van der Waals surface area (Å²) in [6.07, 6.45) is 1.66. The number of ether oxygens (including phenoxy) is 1. The van der Waals surface area contributed by atoms with Crippen molar-refractivity contribution in [2.24, 2.45) is 0 Å². The molecule has 0 bridgehead atoms. The quantitative estimate of drug-likeness (QED) is 0.758. The highest BCUT2D eigenvalue weighted by atomic mass is 16.5. The lowest BCUT2D eigenvalue weighted by Crippen LogP contribution is -2.45. The third kappa shape index (κ3) is 5.65. The van der Waals surface area contributed by atoms with Crippen molar-refractivity contribution >= 4 is 0 Å². The fraction of sp³-hybridized carbons (Fsp3) is 0.500. The number of likely N-dealkylation sites (N-methyl/N-ethyl adjacent to an activating group) is 1. The summed E-state index contributed by atoms with van der Waals surface area (Å²) in [5, 5.41) is 10.6. The molecule has 1 aliphatic heterocycles. The highest BCUT2D eigenvalue weighted by Crippen LogP contribution is 2.28. The Hall–Kier alpha value is -1.72. The van der Waals surface area contributed by atoms with Crippen molar-refractivity contribution in [1.82, 2.24) is 9.80 Å². The molecule has 1 heterocycles. The number of nitrogens with zero attached hydrogens (tertiary/aromatic N) is 2. The van der Waals surface area contributed by atoms with Crippen LogP contribution in [0.25, 0.3) is 0 Å². The van der Waals surface area contributed by atoms with Gasteiger partial charge in [0.1, 0.15) is 6.10 Å². The van der Waals surface area contributed by atoms with E-state index < -0.39 is 6.10 Å². The highest BCUT2D eigenvalue weighted by molar-refractivity contribution is 5.35. The summed E-state index contributed by atoms with van der Waals surface area (Å²) in [5.41, 5.74) is 3.48. The van der Waals surface area contributed by atoms with Crippen LogP contribution in [-0.2, 0) is 4.74 Å². The van der Waals surface area contributed by atoms with Gasteiger partial charge in [0.15, 0.2) is 0 Å². The first-order chi connectivity index (χ1) is 13.5. The summed E-state index contributed by atoms with van der Waals surface area (Å²) < 4.78 is 6.28. The van der Waals surface area contributed by atoms with Gasteiger partial charge in [-0.2, -0.15) is 0 Å². The first-order valence-corrected chi connectivity index (χ1v) is 10.3. The summed E-state index contributed by atoms with van der Waals surface area (Å²) in [4.78, 5) is 4.67. The zero-order valence-electron chi connectivity index (χ0n) is 17.4. The SMILES string of the molecule is Cc1ccccc1[C@H](OC[C@H](O)CN(C)C1CCN(C)CC1)c1ccccc1. The molecule has 4 heteroatoms. The first-order valence-electron chi connectivity index (χ1n) is 10.3. The summed E-state index contributed by atoms with van der Waals surface area (Å²) in [6, 6.07) is 19.1. The molecular weight excluding hydrogens is 348 g/mol. The number of aryl methyl sites for hydroxylation is 1. The maximum absolute atomic E-state index is 10.6. The van der Waals surface area contributed by atoms with Crippen molar-refractivity contribution in [2.75, 3.05) is 40.3 Å². The number of piperidine rings is 1. The smallest absolute Gasteiger partial charge is 0.108 e. The third-order valence-electron chi connectivity index (χ3n) is 5.84.